The van der Waals surface area contributed by atoms with E-state index < -0.39 is 0 Å². The van der Waals surface area contributed by atoms with Crippen molar-refractivity contribution in [3.05, 3.63) is 33.2 Å². The molecule has 0 aliphatic heterocycles. The first-order chi connectivity index (χ1) is 6.74. The fourth-order valence-electron chi connectivity index (χ4n) is 2.07. The van der Waals surface area contributed by atoms with E-state index in [2.05, 4.69) is 0 Å². The summed E-state index contributed by atoms with van der Waals surface area (Å²) >= 11 is 0. The monoisotopic (exact) mass is 188 g/mol. The third-order valence-corrected chi connectivity index (χ3v) is 2.81. The van der Waals surface area contributed by atoms with E-state index >= 15 is 0 Å². The van der Waals surface area contributed by atoms with Crippen molar-refractivity contribution in [3.63, 3.8) is 0 Å². The van der Waals surface area contributed by atoms with Crippen LogP contribution in [0, 0.1) is 11.3 Å². The molecule has 1 aromatic rings. The minimum Gasteiger partial charge on any atom is -0.317 e. The average Bonchev–Trinajstić information content (AvgIpc) is 2.20. The van der Waals surface area contributed by atoms with Gasteiger partial charge in [0, 0.05) is 13.2 Å². The normalized spacial score (nSPS) is 14.6. The topological polar surface area (TPSA) is 45.8 Å². The third-order valence-electron chi connectivity index (χ3n) is 2.81. The van der Waals surface area contributed by atoms with Crippen molar-refractivity contribution >= 4 is 0 Å². The Kier molecular flexibility index (Phi) is 2.12. The molecule has 14 heavy (non-hydrogen) atoms. The second-order valence-electron chi connectivity index (χ2n) is 3.74. The van der Waals surface area contributed by atoms with Crippen molar-refractivity contribution in [1.29, 1.82) is 5.26 Å². The van der Waals surface area contributed by atoms with Gasteiger partial charge in [-0.25, -0.2) is 0 Å². The van der Waals surface area contributed by atoms with E-state index in [4.69, 9.17) is 5.26 Å². The van der Waals surface area contributed by atoms with Crippen molar-refractivity contribution in [2.24, 2.45) is 7.05 Å². The summed E-state index contributed by atoms with van der Waals surface area (Å²) in [6.07, 6.45) is 6.01. The molecule has 1 aliphatic carbocycles. The van der Waals surface area contributed by atoms with Crippen LogP contribution in [0.2, 0.25) is 0 Å². The number of nitriles is 1. The van der Waals surface area contributed by atoms with Gasteiger partial charge in [-0.15, -0.1) is 0 Å². The van der Waals surface area contributed by atoms with Gasteiger partial charge in [0.1, 0.15) is 11.6 Å². The Labute approximate surface area is 82.6 Å². The number of rotatable bonds is 0. The van der Waals surface area contributed by atoms with Crippen LogP contribution in [0.1, 0.15) is 29.5 Å². The van der Waals surface area contributed by atoms with Crippen LogP contribution < -0.4 is 5.56 Å². The minimum absolute atomic E-state index is 0.159. The van der Waals surface area contributed by atoms with Crippen LogP contribution in [-0.2, 0) is 19.9 Å². The Morgan fingerprint density at radius 3 is 2.86 bits per heavy atom. The van der Waals surface area contributed by atoms with Gasteiger partial charge in [-0.2, -0.15) is 5.26 Å². The first-order valence-electron chi connectivity index (χ1n) is 4.85. The van der Waals surface area contributed by atoms with E-state index in [1.165, 1.54) is 10.1 Å². The first-order valence-corrected chi connectivity index (χ1v) is 4.85. The Balaban J connectivity index is 2.74. The molecule has 3 nitrogen and oxygen atoms in total. The van der Waals surface area contributed by atoms with Crippen molar-refractivity contribution in [3.8, 4) is 6.07 Å². The van der Waals surface area contributed by atoms with Gasteiger partial charge < -0.3 is 4.57 Å². The summed E-state index contributed by atoms with van der Waals surface area (Å²) in [6.45, 7) is 0. The molecule has 0 radical (unpaired) electrons. The summed E-state index contributed by atoms with van der Waals surface area (Å²) in [6, 6.07) is 2.03. The quantitative estimate of drug-likeness (QED) is 0.612. The van der Waals surface area contributed by atoms with E-state index in [0.717, 1.165) is 31.2 Å². The van der Waals surface area contributed by atoms with Gasteiger partial charge in [0.15, 0.2) is 0 Å². The molecule has 0 bridgehead atoms. The second kappa shape index (κ2) is 3.30. The van der Waals surface area contributed by atoms with E-state index in [9.17, 15) is 4.79 Å². The van der Waals surface area contributed by atoms with Gasteiger partial charge in [0.05, 0.1) is 0 Å². The Morgan fingerprint density at radius 1 is 1.43 bits per heavy atom. The summed E-state index contributed by atoms with van der Waals surface area (Å²) in [5.74, 6) is 0. The van der Waals surface area contributed by atoms with Crippen LogP contribution in [0.25, 0.3) is 0 Å². The van der Waals surface area contributed by atoms with Crippen molar-refractivity contribution in [1.82, 2.24) is 4.57 Å². The fourth-order valence-corrected chi connectivity index (χ4v) is 2.07. The zero-order valence-corrected chi connectivity index (χ0v) is 8.21. The van der Waals surface area contributed by atoms with Crippen molar-refractivity contribution in [2.75, 3.05) is 0 Å². The lowest BCUT2D eigenvalue weighted by atomic mass is 9.90. The molecule has 0 aromatic carbocycles. The van der Waals surface area contributed by atoms with Crippen LogP contribution in [0.5, 0.6) is 0 Å². The number of pyridine rings is 1. The van der Waals surface area contributed by atoms with Gasteiger partial charge in [-0.3, -0.25) is 4.79 Å². The summed E-state index contributed by atoms with van der Waals surface area (Å²) in [5, 5.41) is 8.94. The molecule has 0 N–H and O–H groups in total. The standard InChI is InChI=1S/C11H12N2O/c1-13-7-8-4-2-3-5-9(8)10(6-12)11(13)14/h7H,2-5H2,1H3. The van der Waals surface area contributed by atoms with Crippen LogP contribution in [0.4, 0.5) is 0 Å². The first kappa shape index (κ1) is 9.01. The highest BCUT2D eigenvalue weighted by Gasteiger charge is 2.16. The van der Waals surface area contributed by atoms with Crippen molar-refractivity contribution in [2.45, 2.75) is 25.7 Å². The molecule has 3 heteroatoms. The zero-order valence-electron chi connectivity index (χ0n) is 8.21. The maximum Gasteiger partial charge on any atom is 0.268 e. The molecule has 72 valence electrons. The number of fused-ring (bicyclic) bond motifs is 1. The van der Waals surface area contributed by atoms with Crippen LogP contribution in [-0.4, -0.2) is 4.57 Å². The molecule has 0 unspecified atom stereocenters. The molecule has 0 fully saturated rings. The summed E-state index contributed by atoms with van der Waals surface area (Å²) in [7, 11) is 1.71. The molecule has 0 amide bonds. The fraction of sp³-hybridized carbons (Fsp3) is 0.455. The summed E-state index contributed by atoms with van der Waals surface area (Å²) in [4.78, 5) is 11.6. The highest BCUT2D eigenvalue weighted by molar-refractivity contribution is 5.41. The Morgan fingerprint density at radius 2 is 2.14 bits per heavy atom. The highest BCUT2D eigenvalue weighted by Crippen LogP contribution is 2.21. The third kappa shape index (κ3) is 1.24. The number of nitrogens with zero attached hydrogens (tertiary/aromatic N) is 2. The second-order valence-corrected chi connectivity index (χ2v) is 3.74. The smallest absolute Gasteiger partial charge is 0.268 e. The largest absolute Gasteiger partial charge is 0.317 e. The molecule has 2 rings (SSSR count). The van der Waals surface area contributed by atoms with Crippen LogP contribution in [0.15, 0.2) is 11.0 Å². The molecule has 1 aromatic heterocycles. The van der Waals surface area contributed by atoms with Crippen molar-refractivity contribution < 1.29 is 0 Å². The lowest BCUT2D eigenvalue weighted by Gasteiger charge is -2.17. The number of aromatic nitrogens is 1. The highest BCUT2D eigenvalue weighted by atomic mass is 16.1. The van der Waals surface area contributed by atoms with Crippen LogP contribution in [0.3, 0.4) is 0 Å². The van der Waals surface area contributed by atoms with Gasteiger partial charge in [-0.1, -0.05) is 0 Å². The maximum atomic E-state index is 11.6. The summed E-state index contributed by atoms with van der Waals surface area (Å²) < 4.78 is 1.52. The average molecular weight is 188 g/mol. The number of hydrogen-bond donors (Lipinski definition) is 0. The van der Waals surface area contributed by atoms with E-state index in [0.29, 0.717) is 5.56 Å². The molecular weight excluding hydrogens is 176 g/mol. The van der Waals surface area contributed by atoms with Gasteiger partial charge in [0.2, 0.25) is 0 Å². The molecule has 1 aliphatic rings. The number of hydrogen-bond acceptors (Lipinski definition) is 2. The minimum atomic E-state index is -0.159. The van der Waals surface area contributed by atoms with Gasteiger partial charge in [-0.05, 0) is 36.8 Å². The Bertz CT molecular complexity index is 465. The molecule has 0 spiro atoms. The lowest BCUT2D eigenvalue weighted by Crippen LogP contribution is -2.24. The molecule has 1 heterocycles. The van der Waals surface area contributed by atoms with Gasteiger partial charge >= 0.3 is 0 Å². The van der Waals surface area contributed by atoms with E-state index in [1.54, 1.807) is 7.05 Å². The van der Waals surface area contributed by atoms with Crippen LogP contribution >= 0.6 is 0 Å². The summed E-state index contributed by atoms with van der Waals surface area (Å²) in [5.41, 5.74) is 2.36. The molecule has 0 saturated heterocycles. The predicted octanol–water partition coefficient (Wildman–Crippen LogP) is 1.14. The molecule has 0 saturated carbocycles. The molecular formula is C11H12N2O. The maximum absolute atomic E-state index is 11.6. The van der Waals surface area contributed by atoms with Gasteiger partial charge in [0.25, 0.3) is 5.56 Å². The lowest BCUT2D eigenvalue weighted by molar-refractivity contribution is 0.666. The SMILES string of the molecule is Cn1cc2c(c(C#N)c1=O)CCCC2. The van der Waals surface area contributed by atoms with E-state index in [-0.39, 0.29) is 5.56 Å². The Hall–Kier alpha value is -1.56. The predicted molar refractivity (Wildman–Crippen MR) is 53.0 cm³/mol. The van der Waals surface area contributed by atoms with E-state index in [1.807, 2.05) is 12.3 Å². The molecule has 0 atom stereocenters. The zero-order chi connectivity index (χ0) is 10.1. The number of aryl methyl sites for hydroxylation is 2.